The summed E-state index contributed by atoms with van der Waals surface area (Å²) in [5.41, 5.74) is 3.50. The number of aliphatic hydroxyl groups excluding tert-OH is 1. The summed E-state index contributed by atoms with van der Waals surface area (Å²) in [6.45, 7) is 2.08. The van der Waals surface area contributed by atoms with Crippen LogP contribution in [-0.4, -0.2) is 53.6 Å². The molecule has 0 radical (unpaired) electrons. The summed E-state index contributed by atoms with van der Waals surface area (Å²) in [6.07, 6.45) is 4.51. The zero-order valence-corrected chi connectivity index (χ0v) is 20.9. The van der Waals surface area contributed by atoms with Crippen molar-refractivity contribution < 1.29 is 29.6 Å². The van der Waals surface area contributed by atoms with Crippen molar-refractivity contribution in [2.75, 3.05) is 31.2 Å². The number of halogens is 1. The number of aliphatic hydroxyl groups is 1. The molecule has 2 aromatic rings. The van der Waals surface area contributed by atoms with Gasteiger partial charge in [-0.15, -0.1) is 0 Å². The third-order valence-electron chi connectivity index (χ3n) is 8.40. The van der Waals surface area contributed by atoms with E-state index < -0.39 is 24.3 Å². The maximum Gasteiger partial charge on any atom is 0.311 e. The van der Waals surface area contributed by atoms with Crippen LogP contribution in [0.4, 0.5) is 5.69 Å². The highest BCUT2D eigenvalue weighted by atomic mass is 35.5. The van der Waals surface area contributed by atoms with Crippen LogP contribution in [0.1, 0.15) is 54.7 Å². The number of nitrogens with zero attached hydrogens (tertiary/aromatic N) is 1. The van der Waals surface area contributed by atoms with Crippen LogP contribution in [0.25, 0.3) is 0 Å². The Balaban J connectivity index is 1.56. The highest BCUT2D eigenvalue weighted by Crippen LogP contribution is 2.46. The van der Waals surface area contributed by atoms with Crippen LogP contribution in [0.5, 0.6) is 5.75 Å². The fourth-order valence-corrected chi connectivity index (χ4v) is 6.47. The van der Waals surface area contributed by atoms with Gasteiger partial charge >= 0.3 is 11.9 Å². The van der Waals surface area contributed by atoms with Gasteiger partial charge in [0.25, 0.3) is 0 Å². The van der Waals surface area contributed by atoms with Gasteiger partial charge in [0.1, 0.15) is 5.75 Å². The molecule has 8 heteroatoms. The predicted octanol–water partition coefficient (Wildman–Crippen LogP) is 4.47. The molecule has 2 aliphatic carbocycles. The third-order valence-corrected chi connectivity index (χ3v) is 8.64. The fraction of sp³-hybridized carbons (Fsp3) is 0.500. The summed E-state index contributed by atoms with van der Waals surface area (Å²) in [5.74, 6) is -2.18. The number of benzene rings is 2. The number of aryl methyl sites for hydroxylation is 1. The summed E-state index contributed by atoms with van der Waals surface area (Å²) in [5, 5.41) is 29.6. The number of anilines is 1. The number of hydrogen-bond acceptors (Lipinski definition) is 5. The van der Waals surface area contributed by atoms with Gasteiger partial charge in [0.05, 0.1) is 24.6 Å². The Hall–Kier alpha value is -2.77. The lowest BCUT2D eigenvalue weighted by Crippen LogP contribution is -2.48. The van der Waals surface area contributed by atoms with Crippen LogP contribution in [0, 0.1) is 11.8 Å². The monoisotopic (exact) mass is 513 g/mol. The predicted molar refractivity (Wildman–Crippen MR) is 136 cm³/mol. The minimum Gasteiger partial charge on any atom is -0.490 e. The number of hydrogen-bond donors (Lipinski definition) is 3. The van der Waals surface area contributed by atoms with Crippen molar-refractivity contribution in [1.29, 1.82) is 0 Å². The first-order valence-electron chi connectivity index (χ1n) is 12.7. The SMILES string of the molecule is O=C(O)CC(C(=O)O)c1ccc2c(c1)N(C[C@@H]1CC[C@H]1CO)C[C@@]1(CCCc3cc(Cl)ccc31)CO2. The molecule has 1 aliphatic heterocycles. The van der Waals surface area contributed by atoms with Crippen LogP contribution in [0.2, 0.25) is 5.02 Å². The summed E-state index contributed by atoms with van der Waals surface area (Å²) in [7, 11) is 0. The first kappa shape index (κ1) is 24.9. The first-order valence-corrected chi connectivity index (χ1v) is 13.0. The molecular formula is C28H32ClNO6. The van der Waals surface area contributed by atoms with Gasteiger partial charge in [0, 0.05) is 30.1 Å². The molecule has 5 rings (SSSR count). The molecule has 3 aliphatic rings. The average Bonchev–Trinajstić information content (AvgIpc) is 2.97. The van der Waals surface area contributed by atoms with Gasteiger partial charge in [0.2, 0.25) is 0 Å². The van der Waals surface area contributed by atoms with Crippen molar-refractivity contribution in [1.82, 2.24) is 0 Å². The molecule has 0 bridgehead atoms. The highest BCUT2D eigenvalue weighted by Gasteiger charge is 2.43. The van der Waals surface area contributed by atoms with E-state index in [0.29, 0.717) is 30.4 Å². The molecule has 1 unspecified atom stereocenters. The lowest BCUT2D eigenvalue weighted by Gasteiger charge is -2.44. The molecule has 0 aromatic heterocycles. The van der Waals surface area contributed by atoms with Crippen LogP contribution in [-0.2, 0) is 21.4 Å². The van der Waals surface area contributed by atoms with E-state index in [-0.39, 0.29) is 17.9 Å². The highest BCUT2D eigenvalue weighted by molar-refractivity contribution is 6.30. The van der Waals surface area contributed by atoms with Crippen LogP contribution in [0.15, 0.2) is 36.4 Å². The molecule has 2 aromatic carbocycles. The van der Waals surface area contributed by atoms with Crippen LogP contribution in [0.3, 0.4) is 0 Å². The van der Waals surface area contributed by atoms with Crippen molar-refractivity contribution in [2.45, 2.75) is 49.9 Å². The molecular weight excluding hydrogens is 482 g/mol. The van der Waals surface area contributed by atoms with E-state index in [1.807, 2.05) is 6.07 Å². The van der Waals surface area contributed by atoms with Gasteiger partial charge in [-0.25, -0.2) is 0 Å². The van der Waals surface area contributed by atoms with Gasteiger partial charge in [0.15, 0.2) is 0 Å². The minimum absolute atomic E-state index is 0.161. The lowest BCUT2D eigenvalue weighted by molar-refractivity contribution is -0.145. The smallest absolute Gasteiger partial charge is 0.311 e. The quantitative estimate of drug-likeness (QED) is 0.501. The van der Waals surface area contributed by atoms with Crippen molar-refractivity contribution in [3.63, 3.8) is 0 Å². The number of carboxylic acids is 2. The van der Waals surface area contributed by atoms with Crippen molar-refractivity contribution >= 4 is 29.2 Å². The standard InChI is InChI=1S/C28H32ClNO6/c29-21-6-7-23-18(10-21)2-1-9-28(23)15-30(13-19-3-4-20(19)14-31)24-11-17(5-8-25(24)36-16-28)22(27(34)35)12-26(32)33/h5-8,10-11,19-20,22,31H,1-4,9,12-16H2,(H,32,33)(H,34,35)/t19-,20-,22?,28-/m0/s1. The van der Waals surface area contributed by atoms with Gasteiger partial charge in [-0.2, -0.15) is 0 Å². The van der Waals surface area contributed by atoms with Crippen molar-refractivity contribution in [2.24, 2.45) is 11.8 Å². The number of carbonyl (C=O) groups is 2. The van der Waals surface area contributed by atoms with Crippen LogP contribution >= 0.6 is 11.6 Å². The van der Waals surface area contributed by atoms with E-state index in [0.717, 1.165) is 49.4 Å². The Kier molecular flexibility index (Phi) is 6.88. The minimum atomic E-state index is -1.16. The molecule has 7 nitrogen and oxygen atoms in total. The molecule has 1 fully saturated rings. The number of rotatable bonds is 7. The second-order valence-electron chi connectivity index (χ2n) is 10.6. The van der Waals surface area contributed by atoms with E-state index in [9.17, 15) is 24.9 Å². The van der Waals surface area contributed by atoms with Gasteiger partial charge in [-0.3, -0.25) is 9.59 Å². The largest absolute Gasteiger partial charge is 0.490 e. The molecule has 1 spiro atoms. The molecule has 0 saturated heterocycles. The second-order valence-corrected chi connectivity index (χ2v) is 11.0. The molecule has 192 valence electrons. The maximum absolute atomic E-state index is 11.9. The Morgan fingerprint density at radius 3 is 2.64 bits per heavy atom. The summed E-state index contributed by atoms with van der Waals surface area (Å²) in [4.78, 5) is 25.6. The van der Waals surface area contributed by atoms with Crippen molar-refractivity contribution in [3.05, 3.63) is 58.1 Å². The van der Waals surface area contributed by atoms with Gasteiger partial charge in [-0.1, -0.05) is 23.7 Å². The Morgan fingerprint density at radius 1 is 1.14 bits per heavy atom. The molecule has 36 heavy (non-hydrogen) atoms. The third kappa shape index (κ3) is 4.66. The van der Waals surface area contributed by atoms with E-state index in [4.69, 9.17) is 16.3 Å². The molecule has 1 saturated carbocycles. The maximum atomic E-state index is 11.9. The normalized spacial score (nSPS) is 25.7. The van der Waals surface area contributed by atoms with E-state index in [1.165, 1.54) is 11.1 Å². The zero-order chi connectivity index (χ0) is 25.4. The molecule has 0 amide bonds. The Bertz CT molecular complexity index is 1170. The van der Waals surface area contributed by atoms with E-state index in [1.54, 1.807) is 18.2 Å². The van der Waals surface area contributed by atoms with Gasteiger partial charge in [-0.05, 0) is 84.9 Å². The Labute approximate surface area is 215 Å². The lowest BCUT2D eigenvalue weighted by atomic mass is 9.69. The summed E-state index contributed by atoms with van der Waals surface area (Å²) < 4.78 is 6.43. The fourth-order valence-electron chi connectivity index (χ4n) is 6.27. The number of aliphatic carboxylic acids is 2. The zero-order valence-electron chi connectivity index (χ0n) is 20.2. The van der Waals surface area contributed by atoms with E-state index in [2.05, 4.69) is 17.0 Å². The molecule has 1 heterocycles. The number of ether oxygens (including phenoxy) is 1. The van der Waals surface area contributed by atoms with E-state index >= 15 is 0 Å². The molecule has 4 atom stereocenters. The number of fused-ring (bicyclic) bond motifs is 3. The topological polar surface area (TPSA) is 107 Å². The Morgan fingerprint density at radius 2 is 1.94 bits per heavy atom. The summed E-state index contributed by atoms with van der Waals surface area (Å²) >= 11 is 6.32. The summed E-state index contributed by atoms with van der Waals surface area (Å²) in [6, 6.07) is 11.4. The van der Waals surface area contributed by atoms with Crippen molar-refractivity contribution in [3.8, 4) is 5.75 Å². The van der Waals surface area contributed by atoms with Gasteiger partial charge < -0.3 is 25.0 Å². The molecule has 3 N–H and O–H groups in total. The number of carboxylic acid groups (broad SMARTS) is 2. The second kappa shape index (κ2) is 9.94. The van der Waals surface area contributed by atoms with Crippen LogP contribution < -0.4 is 9.64 Å². The first-order chi connectivity index (χ1) is 17.3. The average molecular weight is 514 g/mol.